The summed E-state index contributed by atoms with van der Waals surface area (Å²) in [6.07, 6.45) is 0.157. The van der Waals surface area contributed by atoms with Crippen LogP contribution >= 0.6 is 0 Å². The van der Waals surface area contributed by atoms with Crippen molar-refractivity contribution in [2.45, 2.75) is 12.2 Å². The Kier molecular flexibility index (Phi) is 6.45. The van der Waals surface area contributed by atoms with Crippen LogP contribution in [0.25, 0.3) is 0 Å². The molecule has 0 aromatic heterocycles. The normalized spacial score (nSPS) is 11.4. The van der Waals surface area contributed by atoms with E-state index in [0.717, 1.165) is 0 Å². The van der Waals surface area contributed by atoms with Gasteiger partial charge < -0.3 is 10.5 Å². The molecule has 20 heavy (non-hydrogen) atoms. The zero-order valence-corrected chi connectivity index (χ0v) is 12.3. The fourth-order valence-corrected chi connectivity index (χ4v) is 3.19. The Hall–Kier alpha value is -1.62. The standard InChI is InChI=1S/C13H19N3O3S/c1-19-10-9-16(8-2-7-14)20(17,18)11-12-3-5-13(15)6-4-12/h3-6H,2,8-11,15H2,1H3. The van der Waals surface area contributed by atoms with E-state index in [-0.39, 0.29) is 25.3 Å². The van der Waals surface area contributed by atoms with Crippen LogP contribution in [0.5, 0.6) is 0 Å². The molecule has 0 atom stereocenters. The van der Waals surface area contributed by atoms with E-state index in [9.17, 15) is 8.42 Å². The Labute approximate surface area is 119 Å². The molecule has 1 aromatic carbocycles. The highest BCUT2D eigenvalue weighted by Crippen LogP contribution is 2.13. The van der Waals surface area contributed by atoms with Crippen molar-refractivity contribution in [2.24, 2.45) is 0 Å². The van der Waals surface area contributed by atoms with Crippen molar-refractivity contribution in [3.8, 4) is 6.07 Å². The largest absolute Gasteiger partial charge is 0.399 e. The van der Waals surface area contributed by atoms with Gasteiger partial charge in [-0.2, -0.15) is 9.57 Å². The smallest absolute Gasteiger partial charge is 0.218 e. The summed E-state index contributed by atoms with van der Waals surface area (Å²) < 4.78 is 30.8. The van der Waals surface area contributed by atoms with Gasteiger partial charge in [-0.3, -0.25) is 0 Å². The Morgan fingerprint density at radius 2 is 1.95 bits per heavy atom. The van der Waals surface area contributed by atoms with Gasteiger partial charge >= 0.3 is 0 Å². The van der Waals surface area contributed by atoms with Gasteiger partial charge in [-0.05, 0) is 17.7 Å². The lowest BCUT2D eigenvalue weighted by molar-refractivity contribution is 0.179. The lowest BCUT2D eigenvalue weighted by atomic mass is 10.2. The van der Waals surface area contributed by atoms with Crippen LogP contribution in [0.4, 0.5) is 5.69 Å². The van der Waals surface area contributed by atoms with E-state index < -0.39 is 10.0 Å². The molecule has 110 valence electrons. The van der Waals surface area contributed by atoms with Crippen molar-refractivity contribution in [3.05, 3.63) is 29.8 Å². The predicted octanol–water partition coefficient (Wildman–Crippen LogP) is 0.961. The number of methoxy groups -OCH3 is 1. The molecule has 0 aliphatic heterocycles. The number of hydrogen-bond donors (Lipinski definition) is 1. The number of ether oxygens (including phenoxy) is 1. The van der Waals surface area contributed by atoms with E-state index in [1.165, 1.54) is 11.4 Å². The fraction of sp³-hybridized carbons (Fsp3) is 0.462. The molecule has 6 nitrogen and oxygen atoms in total. The SMILES string of the molecule is COCCN(CCC#N)S(=O)(=O)Cc1ccc(N)cc1. The first-order chi connectivity index (χ1) is 9.49. The van der Waals surface area contributed by atoms with Gasteiger partial charge in [0.2, 0.25) is 10.0 Å². The number of anilines is 1. The van der Waals surface area contributed by atoms with Crippen molar-refractivity contribution >= 4 is 15.7 Å². The molecule has 0 radical (unpaired) electrons. The van der Waals surface area contributed by atoms with Gasteiger partial charge in [0, 0.05) is 32.3 Å². The molecule has 1 rings (SSSR count). The van der Waals surface area contributed by atoms with Gasteiger partial charge in [-0.1, -0.05) is 12.1 Å². The van der Waals surface area contributed by atoms with Crippen molar-refractivity contribution in [2.75, 3.05) is 32.5 Å². The summed E-state index contributed by atoms with van der Waals surface area (Å²) in [5.74, 6) is -0.109. The monoisotopic (exact) mass is 297 g/mol. The van der Waals surface area contributed by atoms with Gasteiger partial charge in [-0.15, -0.1) is 0 Å². The van der Waals surface area contributed by atoms with Crippen LogP contribution in [0.2, 0.25) is 0 Å². The summed E-state index contributed by atoms with van der Waals surface area (Å²) in [6.45, 7) is 0.721. The minimum absolute atomic E-state index is 0.109. The van der Waals surface area contributed by atoms with Crippen LogP contribution in [-0.2, 0) is 20.5 Å². The number of sulfonamides is 1. The van der Waals surface area contributed by atoms with Crippen LogP contribution < -0.4 is 5.73 Å². The quantitative estimate of drug-likeness (QED) is 0.721. The maximum atomic E-state index is 12.3. The van der Waals surface area contributed by atoms with E-state index in [2.05, 4.69) is 0 Å². The predicted molar refractivity (Wildman–Crippen MR) is 77.2 cm³/mol. The molecule has 0 bridgehead atoms. The minimum atomic E-state index is -3.47. The molecule has 2 N–H and O–H groups in total. The summed E-state index contributed by atoms with van der Waals surface area (Å²) in [5, 5.41) is 8.61. The third kappa shape index (κ3) is 5.17. The fourth-order valence-electron chi connectivity index (χ4n) is 1.67. The molecule has 0 amide bonds. The Morgan fingerprint density at radius 1 is 1.30 bits per heavy atom. The van der Waals surface area contributed by atoms with Crippen LogP contribution in [-0.4, -0.2) is 39.5 Å². The minimum Gasteiger partial charge on any atom is -0.399 e. The molecule has 0 heterocycles. The number of benzene rings is 1. The molecule has 0 aliphatic carbocycles. The summed E-state index contributed by atoms with van der Waals surface area (Å²) in [7, 11) is -1.96. The van der Waals surface area contributed by atoms with Gasteiger partial charge in [0.25, 0.3) is 0 Å². The first-order valence-corrected chi connectivity index (χ1v) is 7.78. The molecular weight excluding hydrogens is 278 g/mol. The average Bonchev–Trinajstić information content (AvgIpc) is 2.41. The van der Waals surface area contributed by atoms with Crippen LogP contribution in [0, 0.1) is 11.3 Å². The first kappa shape index (κ1) is 16.4. The Bertz CT molecular complexity index is 549. The summed E-state index contributed by atoms with van der Waals surface area (Å²) in [5.41, 5.74) is 6.82. The number of rotatable bonds is 8. The number of nitrogens with zero attached hydrogens (tertiary/aromatic N) is 2. The first-order valence-electron chi connectivity index (χ1n) is 6.17. The molecule has 7 heteroatoms. The van der Waals surface area contributed by atoms with Gasteiger partial charge in [-0.25, -0.2) is 8.42 Å². The van der Waals surface area contributed by atoms with Crippen LogP contribution in [0.3, 0.4) is 0 Å². The average molecular weight is 297 g/mol. The van der Waals surface area contributed by atoms with E-state index in [4.69, 9.17) is 15.7 Å². The van der Waals surface area contributed by atoms with E-state index in [0.29, 0.717) is 17.9 Å². The van der Waals surface area contributed by atoms with E-state index in [1.54, 1.807) is 24.3 Å². The maximum absolute atomic E-state index is 12.3. The van der Waals surface area contributed by atoms with Gasteiger partial charge in [0.15, 0.2) is 0 Å². The van der Waals surface area contributed by atoms with Crippen molar-refractivity contribution < 1.29 is 13.2 Å². The summed E-state index contributed by atoms with van der Waals surface area (Å²) >= 11 is 0. The summed E-state index contributed by atoms with van der Waals surface area (Å²) in [4.78, 5) is 0. The van der Waals surface area contributed by atoms with Gasteiger partial charge in [0.1, 0.15) is 0 Å². The molecular formula is C13H19N3O3S. The van der Waals surface area contributed by atoms with Crippen molar-refractivity contribution in [1.82, 2.24) is 4.31 Å². The highest BCUT2D eigenvalue weighted by molar-refractivity contribution is 7.88. The molecule has 0 fully saturated rings. The molecule has 0 spiro atoms. The number of hydrogen-bond acceptors (Lipinski definition) is 5. The van der Waals surface area contributed by atoms with Crippen molar-refractivity contribution in [1.29, 1.82) is 5.26 Å². The molecule has 0 saturated carbocycles. The second kappa shape index (κ2) is 7.85. The second-order valence-corrected chi connectivity index (χ2v) is 6.27. The van der Waals surface area contributed by atoms with E-state index >= 15 is 0 Å². The van der Waals surface area contributed by atoms with E-state index in [1.807, 2.05) is 6.07 Å². The summed E-state index contributed by atoms with van der Waals surface area (Å²) in [6, 6.07) is 8.66. The number of nitrogen functional groups attached to an aromatic ring is 1. The third-order valence-electron chi connectivity index (χ3n) is 2.74. The van der Waals surface area contributed by atoms with Crippen molar-refractivity contribution in [3.63, 3.8) is 0 Å². The zero-order chi connectivity index (χ0) is 15.0. The molecule has 0 unspecified atom stereocenters. The second-order valence-electron chi connectivity index (χ2n) is 4.30. The Balaban J connectivity index is 2.80. The third-order valence-corrected chi connectivity index (χ3v) is 4.59. The zero-order valence-electron chi connectivity index (χ0n) is 11.4. The highest BCUT2D eigenvalue weighted by atomic mass is 32.2. The number of nitrogens with two attached hydrogens (primary N) is 1. The lowest BCUT2D eigenvalue weighted by Gasteiger charge is -2.20. The van der Waals surface area contributed by atoms with Crippen LogP contribution in [0.15, 0.2) is 24.3 Å². The molecule has 1 aromatic rings. The lowest BCUT2D eigenvalue weighted by Crippen LogP contribution is -2.35. The number of nitriles is 1. The van der Waals surface area contributed by atoms with Gasteiger partial charge in [0.05, 0.1) is 18.4 Å². The highest BCUT2D eigenvalue weighted by Gasteiger charge is 2.21. The topological polar surface area (TPSA) is 96.4 Å². The molecule has 0 saturated heterocycles. The molecule has 0 aliphatic rings. The van der Waals surface area contributed by atoms with Crippen LogP contribution in [0.1, 0.15) is 12.0 Å². The Morgan fingerprint density at radius 3 is 2.50 bits per heavy atom. The maximum Gasteiger partial charge on any atom is 0.218 e.